The molecule has 0 aliphatic carbocycles. The molecule has 0 bridgehead atoms. The van der Waals surface area contributed by atoms with Gasteiger partial charge >= 0.3 is 0 Å². The van der Waals surface area contributed by atoms with Crippen LogP contribution in [0.3, 0.4) is 0 Å². The van der Waals surface area contributed by atoms with E-state index in [9.17, 15) is 4.79 Å². The molecule has 0 saturated carbocycles. The minimum Gasteiger partial charge on any atom is -0.449 e. The Morgan fingerprint density at radius 2 is 1.82 bits per heavy atom. The summed E-state index contributed by atoms with van der Waals surface area (Å²) in [5, 5.41) is 0. The van der Waals surface area contributed by atoms with Crippen LogP contribution in [-0.4, -0.2) is 17.4 Å². The second-order valence-electron chi connectivity index (χ2n) is 6.66. The first-order valence-corrected chi connectivity index (χ1v) is 9.25. The van der Waals surface area contributed by atoms with Gasteiger partial charge in [-0.15, -0.1) is 0 Å². The number of aryl methyl sites for hydroxylation is 1. The highest BCUT2D eigenvalue weighted by molar-refractivity contribution is 6.10. The smallest absolute Gasteiger partial charge is 0.294 e. The lowest BCUT2D eigenvalue weighted by Gasteiger charge is -2.31. The van der Waals surface area contributed by atoms with Crippen LogP contribution in [0.25, 0.3) is 6.08 Å². The zero-order valence-corrected chi connectivity index (χ0v) is 15.4. The number of ether oxygens (including phenoxy) is 1. The number of hydrogen-bond donors (Lipinski definition) is 1. The van der Waals surface area contributed by atoms with E-state index in [4.69, 9.17) is 10.5 Å². The Bertz CT molecular complexity index is 1000. The van der Waals surface area contributed by atoms with Crippen molar-refractivity contribution >= 4 is 23.4 Å². The van der Waals surface area contributed by atoms with E-state index in [1.807, 2.05) is 36.4 Å². The summed E-state index contributed by atoms with van der Waals surface area (Å²) >= 11 is 0. The summed E-state index contributed by atoms with van der Waals surface area (Å²) in [7, 11) is 0. The normalized spacial score (nSPS) is 14.6. The maximum Gasteiger partial charge on any atom is 0.294 e. The number of pyridine rings is 1. The lowest BCUT2D eigenvalue weighted by atomic mass is 10.1. The number of carbonyl (C=O) groups is 1. The van der Waals surface area contributed by atoms with Crippen LogP contribution in [0.5, 0.6) is 5.75 Å². The number of nitrogen functional groups attached to an aromatic ring is 1. The Labute approximate surface area is 164 Å². The van der Waals surface area contributed by atoms with E-state index in [1.54, 1.807) is 35.5 Å². The number of carbonyl (C=O) groups excluding carboxylic acids is 1. The number of fused-ring (bicyclic) bond motifs is 1. The molecule has 140 valence electrons. The number of anilines is 2. The second-order valence-corrected chi connectivity index (χ2v) is 6.66. The molecule has 0 radical (unpaired) electrons. The van der Waals surface area contributed by atoms with Gasteiger partial charge in [0.2, 0.25) is 0 Å². The maximum atomic E-state index is 13.1. The third-order valence-corrected chi connectivity index (χ3v) is 4.64. The summed E-state index contributed by atoms with van der Waals surface area (Å²) < 4.78 is 5.89. The van der Waals surface area contributed by atoms with Crippen LogP contribution in [0.1, 0.15) is 17.5 Å². The Morgan fingerprint density at radius 1 is 1.04 bits per heavy atom. The molecule has 0 fully saturated rings. The zero-order valence-electron chi connectivity index (χ0n) is 15.4. The minimum absolute atomic E-state index is 0.164. The number of aromatic nitrogens is 1. The lowest BCUT2D eigenvalue weighted by molar-refractivity contribution is -0.117. The molecule has 5 nitrogen and oxygen atoms in total. The largest absolute Gasteiger partial charge is 0.449 e. The van der Waals surface area contributed by atoms with Gasteiger partial charge in [0.1, 0.15) is 0 Å². The van der Waals surface area contributed by atoms with E-state index >= 15 is 0 Å². The van der Waals surface area contributed by atoms with E-state index < -0.39 is 0 Å². The van der Waals surface area contributed by atoms with Gasteiger partial charge in [0.15, 0.2) is 11.5 Å². The average Bonchev–Trinajstić information content (AvgIpc) is 2.72. The minimum atomic E-state index is -0.164. The first-order valence-electron chi connectivity index (χ1n) is 9.25. The number of nitrogens with two attached hydrogens (primary N) is 1. The van der Waals surface area contributed by atoms with Crippen molar-refractivity contribution in [3.05, 3.63) is 89.9 Å². The van der Waals surface area contributed by atoms with Gasteiger partial charge in [-0.1, -0.05) is 30.3 Å². The third-order valence-electron chi connectivity index (χ3n) is 4.64. The van der Waals surface area contributed by atoms with Crippen LogP contribution >= 0.6 is 0 Å². The Hall–Kier alpha value is -3.60. The van der Waals surface area contributed by atoms with Crippen molar-refractivity contribution in [2.45, 2.75) is 12.8 Å². The summed E-state index contributed by atoms with van der Waals surface area (Å²) in [6.45, 7) is 0.585. The predicted molar refractivity (Wildman–Crippen MR) is 111 cm³/mol. The van der Waals surface area contributed by atoms with Gasteiger partial charge in [-0.25, -0.2) is 0 Å². The summed E-state index contributed by atoms with van der Waals surface area (Å²) in [5.74, 6) is 0.764. The highest BCUT2D eigenvalue weighted by atomic mass is 16.5. The predicted octanol–water partition coefficient (Wildman–Crippen LogP) is 4.06. The average molecular weight is 371 g/mol. The lowest BCUT2D eigenvalue weighted by Crippen LogP contribution is -2.38. The highest BCUT2D eigenvalue weighted by Crippen LogP contribution is 2.37. The van der Waals surface area contributed by atoms with Crippen LogP contribution in [-0.2, 0) is 11.2 Å². The van der Waals surface area contributed by atoms with E-state index in [-0.39, 0.29) is 5.91 Å². The summed E-state index contributed by atoms with van der Waals surface area (Å²) in [6, 6.07) is 19.3. The maximum absolute atomic E-state index is 13.1. The number of benzene rings is 2. The summed E-state index contributed by atoms with van der Waals surface area (Å²) in [6.07, 6.45) is 6.85. The van der Waals surface area contributed by atoms with Crippen molar-refractivity contribution in [2.24, 2.45) is 0 Å². The summed E-state index contributed by atoms with van der Waals surface area (Å²) in [5.41, 5.74) is 9.38. The first-order chi connectivity index (χ1) is 13.7. The fourth-order valence-corrected chi connectivity index (χ4v) is 3.25. The molecule has 0 atom stereocenters. The molecule has 2 N–H and O–H groups in total. The molecule has 0 unspecified atom stereocenters. The number of hydrogen-bond acceptors (Lipinski definition) is 4. The molecule has 2 heterocycles. The first kappa shape index (κ1) is 17.8. The third kappa shape index (κ3) is 3.88. The van der Waals surface area contributed by atoms with Crippen molar-refractivity contribution in [1.29, 1.82) is 0 Å². The molecule has 2 aromatic carbocycles. The van der Waals surface area contributed by atoms with E-state index in [2.05, 4.69) is 17.1 Å². The van der Waals surface area contributed by atoms with Crippen molar-refractivity contribution in [3.63, 3.8) is 0 Å². The van der Waals surface area contributed by atoms with Gasteiger partial charge < -0.3 is 15.4 Å². The molecule has 3 aromatic rings. The highest BCUT2D eigenvalue weighted by Gasteiger charge is 2.30. The SMILES string of the molecule is Nc1ccc2c(c1)N(CCCc1ccccc1)C(=O)/C(=C\c1ccncc1)O2. The molecule has 1 aliphatic heterocycles. The van der Waals surface area contributed by atoms with Gasteiger partial charge in [-0.3, -0.25) is 9.78 Å². The van der Waals surface area contributed by atoms with E-state index in [0.717, 1.165) is 18.4 Å². The van der Waals surface area contributed by atoms with Crippen molar-refractivity contribution in [3.8, 4) is 5.75 Å². The van der Waals surface area contributed by atoms with Gasteiger partial charge in [0.05, 0.1) is 5.69 Å². The number of nitrogens with zero attached hydrogens (tertiary/aromatic N) is 2. The number of amides is 1. The van der Waals surface area contributed by atoms with Gasteiger partial charge in [0, 0.05) is 24.6 Å². The van der Waals surface area contributed by atoms with Crippen molar-refractivity contribution in [2.75, 3.05) is 17.2 Å². The van der Waals surface area contributed by atoms with Crippen molar-refractivity contribution < 1.29 is 9.53 Å². The fourth-order valence-electron chi connectivity index (χ4n) is 3.25. The molecule has 5 heteroatoms. The Balaban J connectivity index is 1.60. The molecule has 1 aliphatic rings. The van der Waals surface area contributed by atoms with Crippen LogP contribution in [0, 0.1) is 0 Å². The standard InChI is InChI=1S/C23H21N3O2/c24-19-8-9-21-20(16-19)26(14-4-7-17-5-2-1-3-6-17)23(27)22(28-21)15-18-10-12-25-13-11-18/h1-3,5-6,8-13,15-16H,4,7,14,24H2/b22-15+. The van der Waals surface area contributed by atoms with Crippen LogP contribution in [0.15, 0.2) is 78.8 Å². The van der Waals surface area contributed by atoms with Crippen LogP contribution in [0.4, 0.5) is 11.4 Å². The van der Waals surface area contributed by atoms with Crippen LogP contribution in [0.2, 0.25) is 0 Å². The molecular formula is C23H21N3O2. The molecule has 0 saturated heterocycles. The van der Waals surface area contributed by atoms with Gasteiger partial charge in [-0.2, -0.15) is 0 Å². The molecule has 0 spiro atoms. The molecule has 1 amide bonds. The number of rotatable bonds is 5. The topological polar surface area (TPSA) is 68.5 Å². The Kier molecular flexibility index (Phi) is 5.06. The van der Waals surface area contributed by atoms with Gasteiger partial charge in [0.25, 0.3) is 5.91 Å². The fraction of sp³-hybridized carbons (Fsp3) is 0.130. The van der Waals surface area contributed by atoms with E-state index in [1.165, 1.54) is 5.56 Å². The summed E-state index contributed by atoms with van der Waals surface area (Å²) in [4.78, 5) is 18.9. The molecule has 28 heavy (non-hydrogen) atoms. The second kappa shape index (κ2) is 7.96. The molecule has 4 rings (SSSR count). The monoisotopic (exact) mass is 371 g/mol. The quantitative estimate of drug-likeness (QED) is 0.542. The molecule has 1 aromatic heterocycles. The van der Waals surface area contributed by atoms with Gasteiger partial charge in [-0.05, 0) is 60.4 Å². The zero-order chi connectivity index (χ0) is 19.3. The van der Waals surface area contributed by atoms with E-state index in [0.29, 0.717) is 29.4 Å². The Morgan fingerprint density at radius 3 is 2.61 bits per heavy atom. The van der Waals surface area contributed by atoms with Crippen molar-refractivity contribution in [1.82, 2.24) is 4.98 Å². The van der Waals surface area contributed by atoms with Crippen LogP contribution < -0.4 is 15.4 Å². The molecular weight excluding hydrogens is 350 g/mol.